The van der Waals surface area contributed by atoms with Crippen molar-refractivity contribution in [3.63, 3.8) is 0 Å². The second-order valence-corrected chi connectivity index (χ2v) is 9.80. The number of rotatable bonds is 2. The average Bonchev–Trinajstić information content (AvgIpc) is 2.85. The monoisotopic (exact) mass is 540 g/mol. The number of nitrogens with zero attached hydrogens (tertiary/aromatic N) is 1. The van der Waals surface area contributed by atoms with Gasteiger partial charge in [0.05, 0.1) is 12.6 Å². The van der Waals surface area contributed by atoms with E-state index in [1.807, 2.05) is 30.2 Å². The second kappa shape index (κ2) is 8.86. The van der Waals surface area contributed by atoms with Crippen molar-refractivity contribution >= 4 is 55.6 Å². The number of halogens is 3. The van der Waals surface area contributed by atoms with Gasteiger partial charge in [-0.05, 0) is 76.5 Å². The molecule has 1 aromatic carbocycles. The number of ether oxygens (including phenoxy) is 1. The van der Waals surface area contributed by atoms with Crippen LogP contribution < -0.4 is 5.32 Å². The van der Waals surface area contributed by atoms with E-state index in [9.17, 15) is 4.79 Å². The molecule has 0 saturated carbocycles. The van der Waals surface area contributed by atoms with Crippen LogP contribution in [0.3, 0.4) is 0 Å². The van der Waals surface area contributed by atoms with E-state index in [1.165, 1.54) is 11.1 Å². The summed E-state index contributed by atoms with van der Waals surface area (Å²) < 4.78 is 7.26. The van der Waals surface area contributed by atoms with Crippen LogP contribution in [0.25, 0.3) is 6.08 Å². The SMILES string of the molecule is CCOC(=O)N1CCC(C2c3c(Br)cc(Cl)cc3C=CC3=CC(Br)=CNC32)CC1. The van der Waals surface area contributed by atoms with Gasteiger partial charge in [0.25, 0.3) is 0 Å². The quantitative estimate of drug-likeness (QED) is 0.483. The molecule has 3 aliphatic rings. The number of likely N-dealkylation sites (tertiary alicyclic amines) is 1. The molecule has 29 heavy (non-hydrogen) atoms. The van der Waals surface area contributed by atoms with Crippen molar-refractivity contribution in [2.75, 3.05) is 19.7 Å². The normalized spacial score (nSPS) is 23.9. The van der Waals surface area contributed by atoms with E-state index in [1.54, 1.807) is 0 Å². The fourth-order valence-corrected chi connectivity index (χ4v) is 6.12. The largest absolute Gasteiger partial charge is 0.450 e. The minimum Gasteiger partial charge on any atom is -0.450 e. The summed E-state index contributed by atoms with van der Waals surface area (Å²) in [7, 11) is 0. The molecular formula is C22H23Br2ClN2O2. The smallest absolute Gasteiger partial charge is 0.409 e. The fourth-order valence-electron chi connectivity index (χ4n) is 4.63. The number of dihydropyridines is 1. The van der Waals surface area contributed by atoms with Gasteiger partial charge in [-0.25, -0.2) is 4.79 Å². The van der Waals surface area contributed by atoms with Crippen LogP contribution in [0.15, 0.2) is 45.0 Å². The van der Waals surface area contributed by atoms with Crippen LogP contribution in [-0.2, 0) is 4.74 Å². The molecule has 4 nitrogen and oxygen atoms in total. The van der Waals surface area contributed by atoms with Gasteiger partial charge < -0.3 is 15.0 Å². The first-order chi connectivity index (χ1) is 14.0. The van der Waals surface area contributed by atoms with E-state index in [-0.39, 0.29) is 18.1 Å². The Morgan fingerprint density at radius 3 is 2.76 bits per heavy atom. The number of hydrogen-bond acceptors (Lipinski definition) is 3. The zero-order chi connectivity index (χ0) is 20.5. The van der Waals surface area contributed by atoms with Gasteiger partial charge >= 0.3 is 6.09 Å². The van der Waals surface area contributed by atoms with Crippen molar-refractivity contribution < 1.29 is 9.53 Å². The molecule has 2 atom stereocenters. The molecule has 0 aromatic heterocycles. The Hall–Kier alpha value is -1.24. The molecule has 4 rings (SSSR count). The van der Waals surface area contributed by atoms with Crippen molar-refractivity contribution in [1.82, 2.24) is 10.2 Å². The number of benzene rings is 1. The molecule has 2 aliphatic heterocycles. The maximum Gasteiger partial charge on any atom is 0.409 e. The number of hydrogen-bond donors (Lipinski definition) is 1. The summed E-state index contributed by atoms with van der Waals surface area (Å²) in [5, 5.41) is 4.33. The summed E-state index contributed by atoms with van der Waals surface area (Å²) in [4.78, 5) is 14.0. The molecule has 1 fully saturated rings. The Balaban J connectivity index is 1.68. The first-order valence-electron chi connectivity index (χ1n) is 9.90. The summed E-state index contributed by atoms with van der Waals surface area (Å²) in [5.74, 6) is 0.696. The number of allylic oxidation sites excluding steroid dienone is 2. The van der Waals surface area contributed by atoms with Crippen molar-refractivity contribution in [3.05, 3.63) is 61.2 Å². The Labute approximate surface area is 193 Å². The van der Waals surface area contributed by atoms with E-state index in [0.29, 0.717) is 12.5 Å². The zero-order valence-electron chi connectivity index (χ0n) is 16.1. The van der Waals surface area contributed by atoms with Crippen LogP contribution in [0.5, 0.6) is 0 Å². The molecule has 0 spiro atoms. The molecule has 2 unspecified atom stereocenters. The van der Waals surface area contributed by atoms with Gasteiger partial charge in [-0.1, -0.05) is 39.7 Å². The lowest BCUT2D eigenvalue weighted by molar-refractivity contribution is 0.0875. The summed E-state index contributed by atoms with van der Waals surface area (Å²) in [6.45, 7) is 3.70. The number of carbonyl (C=O) groups excluding carboxylic acids is 1. The third-order valence-corrected chi connectivity index (χ3v) is 7.24. The lowest BCUT2D eigenvalue weighted by Gasteiger charge is -2.40. The molecule has 2 heterocycles. The summed E-state index contributed by atoms with van der Waals surface area (Å²) >= 11 is 13.7. The van der Waals surface area contributed by atoms with Crippen molar-refractivity contribution in [2.45, 2.75) is 31.7 Å². The van der Waals surface area contributed by atoms with Gasteiger partial charge in [-0.15, -0.1) is 0 Å². The maximum atomic E-state index is 12.1. The summed E-state index contributed by atoms with van der Waals surface area (Å²) in [6, 6.07) is 4.20. The van der Waals surface area contributed by atoms with E-state index < -0.39 is 0 Å². The lowest BCUT2D eigenvalue weighted by atomic mass is 9.73. The second-order valence-electron chi connectivity index (χ2n) is 7.59. The fraction of sp³-hybridized carbons (Fsp3) is 0.409. The number of piperidine rings is 1. The van der Waals surface area contributed by atoms with Gasteiger partial charge in [-0.2, -0.15) is 0 Å². The van der Waals surface area contributed by atoms with Gasteiger partial charge in [0.1, 0.15) is 0 Å². The van der Waals surface area contributed by atoms with E-state index in [2.05, 4.69) is 55.4 Å². The van der Waals surface area contributed by atoms with Crippen LogP contribution in [0, 0.1) is 5.92 Å². The molecule has 1 amide bonds. The van der Waals surface area contributed by atoms with E-state index in [4.69, 9.17) is 16.3 Å². The predicted molar refractivity (Wildman–Crippen MR) is 124 cm³/mol. The summed E-state index contributed by atoms with van der Waals surface area (Å²) in [5.41, 5.74) is 3.68. The molecule has 1 aromatic rings. The molecule has 7 heteroatoms. The number of fused-ring (bicyclic) bond motifs is 2. The standard InChI is InChI=1S/C22H23Br2ClN2O2/c1-2-29-22(28)27-7-5-13(6-8-27)20-19-14(10-17(25)11-18(19)24)3-4-15-9-16(23)12-26-21(15)20/h3-4,9-13,20-21,26H,2,5-8H2,1H3. The highest BCUT2D eigenvalue weighted by Crippen LogP contribution is 2.46. The number of nitrogens with one attached hydrogen (secondary N) is 1. The van der Waals surface area contributed by atoms with Crippen LogP contribution in [0.1, 0.15) is 36.8 Å². The Morgan fingerprint density at radius 1 is 1.28 bits per heavy atom. The molecule has 0 radical (unpaired) electrons. The Morgan fingerprint density at radius 2 is 2.03 bits per heavy atom. The molecule has 1 N–H and O–H groups in total. The first-order valence-corrected chi connectivity index (χ1v) is 11.9. The van der Waals surface area contributed by atoms with Gasteiger partial charge in [0, 0.05) is 39.2 Å². The average molecular weight is 543 g/mol. The van der Waals surface area contributed by atoms with Crippen molar-refractivity contribution in [3.8, 4) is 0 Å². The molecule has 0 bridgehead atoms. The topological polar surface area (TPSA) is 41.6 Å². The zero-order valence-corrected chi connectivity index (χ0v) is 20.1. The predicted octanol–water partition coefficient (Wildman–Crippen LogP) is 6.22. The highest BCUT2D eigenvalue weighted by molar-refractivity contribution is 9.12. The van der Waals surface area contributed by atoms with Gasteiger partial charge in [0.15, 0.2) is 0 Å². The summed E-state index contributed by atoms with van der Waals surface area (Å²) in [6.07, 6.45) is 10.2. The maximum absolute atomic E-state index is 12.1. The van der Waals surface area contributed by atoms with E-state index in [0.717, 1.165) is 45.5 Å². The van der Waals surface area contributed by atoms with Crippen molar-refractivity contribution in [1.29, 1.82) is 0 Å². The lowest BCUT2D eigenvalue weighted by Crippen LogP contribution is -2.44. The third kappa shape index (κ3) is 4.30. The molecular weight excluding hydrogens is 520 g/mol. The molecule has 154 valence electrons. The Bertz CT molecular complexity index is 904. The van der Waals surface area contributed by atoms with Crippen LogP contribution in [0.2, 0.25) is 5.02 Å². The minimum atomic E-state index is -0.204. The van der Waals surface area contributed by atoms with Gasteiger partial charge in [0.2, 0.25) is 0 Å². The Kier molecular flexibility index (Phi) is 6.42. The minimum absolute atomic E-state index is 0.172. The highest BCUT2D eigenvalue weighted by atomic mass is 79.9. The first kappa shape index (κ1) is 21.0. The highest BCUT2D eigenvalue weighted by Gasteiger charge is 2.39. The van der Waals surface area contributed by atoms with Gasteiger partial charge in [-0.3, -0.25) is 0 Å². The number of amides is 1. The van der Waals surface area contributed by atoms with Crippen LogP contribution in [0.4, 0.5) is 4.79 Å². The number of carbonyl (C=O) groups is 1. The van der Waals surface area contributed by atoms with Crippen LogP contribution >= 0.6 is 43.5 Å². The molecule has 1 saturated heterocycles. The van der Waals surface area contributed by atoms with Crippen LogP contribution in [-0.4, -0.2) is 36.7 Å². The van der Waals surface area contributed by atoms with Crippen molar-refractivity contribution in [2.24, 2.45) is 5.92 Å². The van der Waals surface area contributed by atoms with E-state index >= 15 is 0 Å². The molecule has 1 aliphatic carbocycles. The third-order valence-electron chi connectivity index (χ3n) is 5.91.